The van der Waals surface area contributed by atoms with Crippen molar-refractivity contribution >= 4 is 0 Å². The minimum Gasteiger partial charge on any atom is -0.463 e. The number of rotatable bonds is 6. The van der Waals surface area contributed by atoms with Crippen molar-refractivity contribution in [2.24, 2.45) is 0 Å². The lowest BCUT2D eigenvalue weighted by Crippen LogP contribution is -2.50. The third kappa shape index (κ3) is 3.87. The predicted octanol–water partition coefficient (Wildman–Crippen LogP) is 2.37. The lowest BCUT2D eigenvalue weighted by Gasteiger charge is -2.38. The summed E-state index contributed by atoms with van der Waals surface area (Å²) in [6.07, 6.45) is 3.87. The fourth-order valence-corrected chi connectivity index (χ4v) is 3.18. The number of furan rings is 1. The molecule has 118 valence electrons. The van der Waals surface area contributed by atoms with Crippen molar-refractivity contribution < 1.29 is 4.42 Å². The summed E-state index contributed by atoms with van der Waals surface area (Å²) < 4.78 is 6.07. The Morgan fingerprint density at radius 1 is 1.33 bits per heavy atom. The van der Waals surface area contributed by atoms with Gasteiger partial charge in [0.05, 0.1) is 13.1 Å². The van der Waals surface area contributed by atoms with Gasteiger partial charge in [-0.3, -0.25) is 4.90 Å². The fraction of sp³-hybridized carbons (Fsp3) is 0.765. The van der Waals surface area contributed by atoms with E-state index in [9.17, 15) is 0 Å². The Morgan fingerprint density at radius 3 is 2.86 bits per heavy atom. The fourth-order valence-electron chi connectivity index (χ4n) is 3.18. The second-order valence-electron chi connectivity index (χ2n) is 6.75. The van der Waals surface area contributed by atoms with E-state index < -0.39 is 0 Å². The summed E-state index contributed by atoms with van der Waals surface area (Å²) in [5.74, 6) is 2.25. The number of likely N-dealkylation sites (N-methyl/N-ethyl adjacent to an activating group) is 1. The molecule has 1 saturated heterocycles. The molecule has 1 unspecified atom stereocenters. The van der Waals surface area contributed by atoms with Crippen LogP contribution in [0.2, 0.25) is 0 Å². The summed E-state index contributed by atoms with van der Waals surface area (Å²) >= 11 is 0. The number of aryl methyl sites for hydroxylation is 1. The molecule has 0 radical (unpaired) electrons. The average Bonchev–Trinajstić information content (AvgIpc) is 3.23. The number of piperazine rings is 1. The summed E-state index contributed by atoms with van der Waals surface area (Å²) in [7, 11) is 2.24. The van der Waals surface area contributed by atoms with Gasteiger partial charge in [-0.15, -0.1) is 0 Å². The molecule has 4 heteroatoms. The van der Waals surface area contributed by atoms with Crippen molar-refractivity contribution in [2.45, 2.75) is 58.3 Å². The van der Waals surface area contributed by atoms with Crippen LogP contribution in [0.3, 0.4) is 0 Å². The molecule has 0 aromatic carbocycles. The Balaban J connectivity index is 1.55. The molecular weight excluding hydrogens is 262 g/mol. The highest BCUT2D eigenvalue weighted by atomic mass is 16.3. The quantitative estimate of drug-likeness (QED) is 0.872. The zero-order chi connectivity index (χ0) is 14.8. The van der Waals surface area contributed by atoms with E-state index in [2.05, 4.69) is 42.1 Å². The van der Waals surface area contributed by atoms with Crippen molar-refractivity contribution in [3.05, 3.63) is 23.2 Å². The molecule has 4 nitrogen and oxygen atoms in total. The molecule has 1 aromatic rings. The highest BCUT2D eigenvalue weighted by molar-refractivity contribution is 5.20. The van der Waals surface area contributed by atoms with Gasteiger partial charge in [0.15, 0.2) is 0 Å². The molecule has 1 aromatic heterocycles. The number of nitrogens with zero attached hydrogens (tertiary/aromatic N) is 2. The van der Waals surface area contributed by atoms with Crippen molar-refractivity contribution in [3.63, 3.8) is 0 Å². The van der Waals surface area contributed by atoms with Gasteiger partial charge in [0.1, 0.15) is 11.5 Å². The van der Waals surface area contributed by atoms with E-state index in [0.717, 1.165) is 50.3 Å². The average molecular weight is 291 g/mol. The van der Waals surface area contributed by atoms with Crippen LogP contribution >= 0.6 is 0 Å². The smallest absolute Gasteiger partial charge is 0.120 e. The molecule has 2 aliphatic rings. The van der Waals surface area contributed by atoms with Gasteiger partial charge in [-0.05, 0) is 44.9 Å². The molecule has 2 heterocycles. The normalized spacial score (nSPS) is 24.6. The van der Waals surface area contributed by atoms with Crippen LogP contribution in [0.25, 0.3) is 0 Å². The third-order valence-corrected chi connectivity index (χ3v) is 4.91. The minimum atomic E-state index is 0.686. The summed E-state index contributed by atoms with van der Waals surface area (Å²) in [6, 6.07) is 3.65. The van der Waals surface area contributed by atoms with Crippen LogP contribution in [-0.4, -0.2) is 48.6 Å². The van der Waals surface area contributed by atoms with E-state index in [0.29, 0.717) is 6.04 Å². The van der Waals surface area contributed by atoms with E-state index in [1.54, 1.807) is 0 Å². The van der Waals surface area contributed by atoms with Gasteiger partial charge in [0.2, 0.25) is 0 Å². The van der Waals surface area contributed by atoms with E-state index in [1.807, 2.05) is 0 Å². The summed E-state index contributed by atoms with van der Waals surface area (Å²) in [6.45, 7) is 9.74. The van der Waals surface area contributed by atoms with Gasteiger partial charge in [-0.25, -0.2) is 0 Å². The van der Waals surface area contributed by atoms with Crippen molar-refractivity contribution in [3.8, 4) is 0 Å². The molecule has 0 bridgehead atoms. The van der Waals surface area contributed by atoms with Crippen molar-refractivity contribution in [1.82, 2.24) is 15.1 Å². The van der Waals surface area contributed by atoms with Crippen LogP contribution < -0.4 is 5.32 Å². The molecular formula is C17H29N3O. The van der Waals surface area contributed by atoms with Crippen LogP contribution in [0.4, 0.5) is 0 Å². The maximum Gasteiger partial charge on any atom is 0.120 e. The molecule has 3 rings (SSSR count). The largest absolute Gasteiger partial charge is 0.463 e. The Labute approximate surface area is 128 Å². The highest BCUT2D eigenvalue weighted by Crippen LogP contribution is 2.22. The molecule has 21 heavy (non-hydrogen) atoms. The van der Waals surface area contributed by atoms with Gasteiger partial charge < -0.3 is 14.6 Å². The van der Waals surface area contributed by atoms with E-state index in [4.69, 9.17) is 4.42 Å². The molecule has 1 aliphatic carbocycles. The second-order valence-corrected chi connectivity index (χ2v) is 6.75. The summed E-state index contributed by atoms with van der Waals surface area (Å²) in [5, 5.41) is 3.54. The molecule has 0 spiro atoms. The second kappa shape index (κ2) is 6.51. The molecule has 2 fully saturated rings. The van der Waals surface area contributed by atoms with Gasteiger partial charge >= 0.3 is 0 Å². The van der Waals surface area contributed by atoms with Crippen LogP contribution in [0.1, 0.15) is 43.3 Å². The first-order valence-corrected chi connectivity index (χ1v) is 8.40. The number of hydrogen-bond acceptors (Lipinski definition) is 4. The SMILES string of the molecule is CCC1CN(Cc2cc(C)c(CNC3CC3)o2)CCN1C. The molecule has 1 saturated carbocycles. The lowest BCUT2D eigenvalue weighted by atomic mass is 10.1. The zero-order valence-electron chi connectivity index (χ0n) is 13.7. The Bertz CT molecular complexity index is 467. The van der Waals surface area contributed by atoms with E-state index >= 15 is 0 Å². The van der Waals surface area contributed by atoms with E-state index in [1.165, 1.54) is 24.8 Å². The maximum atomic E-state index is 6.07. The van der Waals surface area contributed by atoms with Crippen molar-refractivity contribution in [2.75, 3.05) is 26.7 Å². The number of nitrogens with one attached hydrogen (secondary N) is 1. The van der Waals surface area contributed by atoms with Crippen molar-refractivity contribution in [1.29, 1.82) is 0 Å². The molecule has 1 aliphatic heterocycles. The Morgan fingerprint density at radius 2 is 2.14 bits per heavy atom. The van der Waals surface area contributed by atoms with Gasteiger partial charge in [0.25, 0.3) is 0 Å². The summed E-state index contributed by atoms with van der Waals surface area (Å²) in [5.41, 5.74) is 1.29. The van der Waals surface area contributed by atoms with Gasteiger partial charge in [-0.2, -0.15) is 0 Å². The van der Waals surface area contributed by atoms with Gasteiger partial charge in [0, 0.05) is 31.7 Å². The summed E-state index contributed by atoms with van der Waals surface area (Å²) in [4.78, 5) is 5.01. The number of hydrogen-bond donors (Lipinski definition) is 1. The van der Waals surface area contributed by atoms with Crippen LogP contribution in [0.15, 0.2) is 10.5 Å². The first-order chi connectivity index (χ1) is 10.2. The first kappa shape index (κ1) is 15.1. The molecule has 1 N–H and O–H groups in total. The first-order valence-electron chi connectivity index (χ1n) is 8.40. The van der Waals surface area contributed by atoms with Crippen LogP contribution in [0.5, 0.6) is 0 Å². The van der Waals surface area contributed by atoms with Crippen LogP contribution in [-0.2, 0) is 13.1 Å². The monoisotopic (exact) mass is 291 g/mol. The van der Waals surface area contributed by atoms with Crippen LogP contribution in [0, 0.1) is 6.92 Å². The predicted molar refractivity (Wildman–Crippen MR) is 85.3 cm³/mol. The molecule has 0 amide bonds. The third-order valence-electron chi connectivity index (χ3n) is 4.91. The Kier molecular flexibility index (Phi) is 4.67. The topological polar surface area (TPSA) is 31.6 Å². The lowest BCUT2D eigenvalue weighted by molar-refractivity contribution is 0.0832. The van der Waals surface area contributed by atoms with E-state index in [-0.39, 0.29) is 0 Å². The van der Waals surface area contributed by atoms with Gasteiger partial charge in [-0.1, -0.05) is 6.92 Å². The standard InChI is InChI=1S/C17H29N3O/c1-4-15-11-20(8-7-19(15)3)12-16-9-13(2)17(21-16)10-18-14-5-6-14/h9,14-15,18H,4-8,10-12H2,1-3H3. The maximum absolute atomic E-state index is 6.07. The Hall–Kier alpha value is -0.840. The zero-order valence-corrected chi connectivity index (χ0v) is 13.7. The molecule has 1 atom stereocenters. The highest BCUT2D eigenvalue weighted by Gasteiger charge is 2.24. The minimum absolute atomic E-state index is 0.686.